The van der Waals surface area contributed by atoms with Crippen molar-refractivity contribution in [1.29, 1.82) is 0 Å². The van der Waals surface area contributed by atoms with Crippen LogP contribution in [-0.4, -0.2) is 33.0 Å². The summed E-state index contributed by atoms with van der Waals surface area (Å²) in [5.74, 6) is 0. The highest BCUT2D eigenvalue weighted by atomic mass is 79.9. The molecule has 0 bridgehead atoms. The van der Waals surface area contributed by atoms with Gasteiger partial charge in [0, 0.05) is 25.4 Å². The fourth-order valence-electron chi connectivity index (χ4n) is 2.61. The molecule has 7 nitrogen and oxygen atoms in total. The van der Waals surface area contributed by atoms with E-state index < -0.39 is 31.1 Å². The Morgan fingerprint density at radius 1 is 0.735 bits per heavy atom. The van der Waals surface area contributed by atoms with E-state index in [-0.39, 0.29) is 16.4 Å². The summed E-state index contributed by atoms with van der Waals surface area (Å²) in [6.45, 7) is 10.6. The molecule has 0 radical (unpaired) electrons. The van der Waals surface area contributed by atoms with Gasteiger partial charge in [-0.1, -0.05) is 28.1 Å². The minimum absolute atomic E-state index is 0.138. The third-order valence-electron chi connectivity index (χ3n) is 3.79. The Balaban J connectivity index is 0.000000340. The monoisotopic (exact) mass is 704 g/mol. The van der Waals surface area contributed by atoms with Crippen molar-refractivity contribution in [3.05, 3.63) is 56.5 Å². The van der Waals surface area contributed by atoms with Crippen LogP contribution in [0.25, 0.3) is 0 Å². The van der Waals surface area contributed by atoms with Crippen molar-refractivity contribution in [2.24, 2.45) is 0 Å². The van der Waals surface area contributed by atoms with Crippen LogP contribution in [0.3, 0.4) is 0 Å². The lowest BCUT2D eigenvalue weighted by Crippen LogP contribution is -2.40. The molecule has 0 unspecified atom stereocenters. The number of nitrogens with one attached hydrogen (secondary N) is 2. The van der Waals surface area contributed by atoms with Gasteiger partial charge in [0.2, 0.25) is 20.0 Å². The quantitative estimate of drug-likeness (QED) is 0.347. The molecule has 0 aromatic heterocycles. The number of aliphatic hydroxyl groups is 1. The molecule has 0 spiro atoms. The highest BCUT2D eigenvalue weighted by Crippen LogP contribution is 2.26. The van der Waals surface area contributed by atoms with Gasteiger partial charge in [-0.15, -0.1) is 0 Å². The summed E-state index contributed by atoms with van der Waals surface area (Å²) in [5, 5.41) is 9.64. The van der Waals surface area contributed by atoms with Crippen LogP contribution >= 0.6 is 47.8 Å². The smallest absolute Gasteiger partial charge is 0.242 e. The number of aliphatic hydroxyl groups excluding tert-OH is 1. The highest BCUT2D eigenvalue weighted by molar-refractivity contribution is 9.10. The Morgan fingerprint density at radius 2 is 1.09 bits per heavy atom. The van der Waals surface area contributed by atoms with Gasteiger partial charge in [0.05, 0.1) is 16.4 Å². The van der Waals surface area contributed by atoms with Crippen LogP contribution in [0.15, 0.2) is 55.1 Å². The minimum Gasteiger partial charge on any atom is -0.392 e. The van der Waals surface area contributed by atoms with E-state index in [1.54, 1.807) is 45.0 Å². The lowest BCUT2D eigenvalue weighted by Gasteiger charge is -2.21. The number of alkyl halides is 1. The molecule has 12 heteroatoms. The first-order chi connectivity index (χ1) is 15.3. The third kappa shape index (κ3) is 10.3. The number of hydrogen-bond donors (Lipinski definition) is 3. The Labute approximate surface area is 228 Å². The molecule has 0 heterocycles. The van der Waals surface area contributed by atoms with Gasteiger partial charge in [-0.25, -0.2) is 26.3 Å². The lowest BCUT2D eigenvalue weighted by atomic mass is 10.1. The standard InChI is InChI=1S/C11H15Br2NO2S.C11H16BrNO3S/c1-11(2,3)14-17(15,16)10-6-8(7-12)4-5-9(10)13;1-11(2,3)13-17(15,16)10-6-8(7-14)4-5-9(10)12/h4-6,14H,7H2,1-3H3;4-6,13-14H,7H2,1-3H3. The van der Waals surface area contributed by atoms with Crippen molar-refractivity contribution < 1.29 is 21.9 Å². The third-order valence-corrected chi connectivity index (χ3v) is 9.94. The Morgan fingerprint density at radius 3 is 1.41 bits per heavy atom. The van der Waals surface area contributed by atoms with Gasteiger partial charge in [0.15, 0.2) is 0 Å². The van der Waals surface area contributed by atoms with Crippen LogP contribution in [-0.2, 0) is 32.0 Å². The second kappa shape index (κ2) is 12.3. The molecular weight excluding hydrogens is 676 g/mol. The zero-order valence-corrected chi connectivity index (χ0v) is 26.3. The van der Waals surface area contributed by atoms with E-state index in [2.05, 4.69) is 57.2 Å². The summed E-state index contributed by atoms with van der Waals surface area (Å²) in [6, 6.07) is 10.0. The van der Waals surface area contributed by atoms with Crippen molar-refractivity contribution >= 4 is 67.8 Å². The van der Waals surface area contributed by atoms with Crippen LogP contribution < -0.4 is 9.44 Å². The van der Waals surface area contributed by atoms with Crippen molar-refractivity contribution in [2.75, 3.05) is 0 Å². The van der Waals surface area contributed by atoms with Crippen LogP contribution in [0.5, 0.6) is 0 Å². The second-order valence-corrected chi connectivity index (χ2v) is 15.1. The Bertz CT molecular complexity index is 1110. The zero-order chi connectivity index (χ0) is 26.5. The van der Waals surface area contributed by atoms with Gasteiger partial charge < -0.3 is 5.11 Å². The average molecular weight is 707 g/mol. The summed E-state index contributed by atoms with van der Waals surface area (Å²) in [7, 11) is -7.09. The van der Waals surface area contributed by atoms with E-state index in [0.29, 0.717) is 19.8 Å². The fraction of sp³-hybridized carbons (Fsp3) is 0.455. The second-order valence-electron chi connectivity index (χ2n) is 9.53. The van der Waals surface area contributed by atoms with E-state index >= 15 is 0 Å². The Hall–Kier alpha value is -0.340. The van der Waals surface area contributed by atoms with E-state index in [1.165, 1.54) is 6.07 Å². The maximum atomic E-state index is 12.2. The van der Waals surface area contributed by atoms with Gasteiger partial charge in [-0.2, -0.15) is 0 Å². The fourth-order valence-corrected chi connectivity index (χ4v) is 7.82. The predicted octanol–water partition coefficient (Wildman–Crippen LogP) is 5.44. The van der Waals surface area contributed by atoms with E-state index in [0.717, 1.165) is 5.56 Å². The van der Waals surface area contributed by atoms with Crippen LogP contribution in [0.2, 0.25) is 0 Å². The topological polar surface area (TPSA) is 113 Å². The molecule has 34 heavy (non-hydrogen) atoms. The number of halogens is 3. The van der Waals surface area contributed by atoms with Gasteiger partial charge >= 0.3 is 0 Å². The molecule has 192 valence electrons. The number of benzene rings is 2. The molecular formula is C22H31Br3N2O5S2. The van der Waals surface area contributed by atoms with Gasteiger partial charge in [-0.3, -0.25) is 0 Å². The summed E-state index contributed by atoms with van der Waals surface area (Å²) < 4.78 is 54.8. The van der Waals surface area contributed by atoms with Crippen molar-refractivity contribution in [3.8, 4) is 0 Å². The molecule has 2 rings (SSSR count). The maximum absolute atomic E-state index is 12.2. The molecule has 0 atom stereocenters. The molecule has 0 aliphatic rings. The highest BCUT2D eigenvalue weighted by Gasteiger charge is 2.25. The van der Waals surface area contributed by atoms with Crippen LogP contribution in [0.1, 0.15) is 52.7 Å². The Kier molecular flexibility index (Phi) is 11.4. The summed E-state index contributed by atoms with van der Waals surface area (Å²) >= 11 is 9.78. The molecule has 0 saturated heterocycles. The molecule has 3 N–H and O–H groups in total. The molecule has 0 saturated carbocycles. The van der Waals surface area contributed by atoms with Gasteiger partial charge in [0.25, 0.3) is 0 Å². The number of rotatable bonds is 6. The van der Waals surface area contributed by atoms with Crippen LogP contribution in [0.4, 0.5) is 0 Å². The van der Waals surface area contributed by atoms with Gasteiger partial charge in [-0.05, 0) is 109 Å². The summed E-state index contributed by atoms with van der Waals surface area (Å²) in [5.41, 5.74) is 0.431. The van der Waals surface area contributed by atoms with Crippen LogP contribution in [0, 0.1) is 0 Å². The van der Waals surface area contributed by atoms with Crippen molar-refractivity contribution in [2.45, 2.75) is 74.3 Å². The molecule has 0 amide bonds. The molecule has 0 fully saturated rings. The van der Waals surface area contributed by atoms with E-state index in [4.69, 9.17) is 5.11 Å². The first-order valence-electron chi connectivity index (χ1n) is 10.1. The maximum Gasteiger partial charge on any atom is 0.242 e. The molecule has 2 aromatic rings. The van der Waals surface area contributed by atoms with E-state index in [9.17, 15) is 16.8 Å². The minimum atomic E-state index is -3.59. The normalized spacial score (nSPS) is 12.8. The van der Waals surface area contributed by atoms with Crippen molar-refractivity contribution in [1.82, 2.24) is 9.44 Å². The molecule has 0 aliphatic carbocycles. The average Bonchev–Trinajstić information content (AvgIpc) is 2.65. The summed E-state index contributed by atoms with van der Waals surface area (Å²) in [6.07, 6.45) is 0. The predicted molar refractivity (Wildman–Crippen MR) is 147 cm³/mol. The van der Waals surface area contributed by atoms with E-state index in [1.807, 2.05) is 26.8 Å². The molecule has 2 aromatic carbocycles. The lowest BCUT2D eigenvalue weighted by molar-refractivity contribution is 0.281. The SMILES string of the molecule is CC(C)(C)NS(=O)(=O)c1cc(CBr)ccc1Br.CC(C)(C)NS(=O)(=O)c1cc(CO)ccc1Br. The summed E-state index contributed by atoms with van der Waals surface area (Å²) in [4.78, 5) is 0.406. The first-order valence-corrected chi connectivity index (χ1v) is 15.8. The first kappa shape index (κ1) is 31.7. The number of hydrogen-bond acceptors (Lipinski definition) is 5. The molecule has 0 aliphatic heterocycles. The largest absolute Gasteiger partial charge is 0.392 e. The number of sulfonamides is 2. The van der Waals surface area contributed by atoms with Crippen molar-refractivity contribution in [3.63, 3.8) is 0 Å². The zero-order valence-electron chi connectivity index (χ0n) is 19.9. The van der Waals surface area contributed by atoms with Gasteiger partial charge in [0.1, 0.15) is 0 Å².